The van der Waals surface area contributed by atoms with E-state index < -0.39 is 0 Å². The lowest BCUT2D eigenvalue weighted by Crippen LogP contribution is -2.85. The molecule has 0 bridgehead atoms. The van der Waals surface area contributed by atoms with Crippen molar-refractivity contribution in [1.29, 1.82) is 0 Å². The number of nitrogens with two attached hydrogens (primary N) is 1. The lowest BCUT2D eigenvalue weighted by molar-refractivity contribution is -0.774. The van der Waals surface area contributed by atoms with Crippen molar-refractivity contribution in [2.45, 2.75) is 0 Å². The van der Waals surface area contributed by atoms with Gasteiger partial charge in [0.25, 0.3) is 0 Å². The molecule has 0 aromatic heterocycles. The van der Waals surface area contributed by atoms with E-state index in [1.807, 2.05) is 6.07 Å². The number of thiol groups is 1. The Morgan fingerprint density at radius 3 is 2.55 bits per heavy atom. The molecule has 0 aliphatic rings. The van der Waals surface area contributed by atoms with Crippen molar-refractivity contribution in [3.8, 4) is 0 Å². The molecule has 0 unspecified atom stereocenters. The van der Waals surface area contributed by atoms with Gasteiger partial charge in [-0.3, -0.25) is 0 Å². The molecule has 0 aliphatic heterocycles. The summed E-state index contributed by atoms with van der Waals surface area (Å²) < 4.78 is 4.28. The minimum Gasteiger partial charge on any atom is -0.222 e. The van der Waals surface area contributed by atoms with E-state index >= 15 is 0 Å². The number of rotatable bonds is 2. The molecule has 0 spiro atoms. The summed E-state index contributed by atoms with van der Waals surface area (Å²) in [6.07, 6.45) is 0. The Hall–Kier alpha value is -0.840. The van der Waals surface area contributed by atoms with Crippen LogP contribution < -0.4 is 5.48 Å². The molecular formula is C7H8NO2S+. The van der Waals surface area contributed by atoms with Crippen molar-refractivity contribution in [1.82, 2.24) is 0 Å². The van der Waals surface area contributed by atoms with Crippen LogP contribution in [-0.4, -0.2) is 5.91 Å². The average Bonchev–Trinajstić information content (AvgIpc) is 2.07. The Morgan fingerprint density at radius 2 is 2.00 bits per heavy atom. The molecule has 1 aromatic carbocycles. The molecule has 4 heteroatoms. The SMILES string of the molecule is O=C([NH2+]OS)c1ccccc1. The monoisotopic (exact) mass is 170 g/mol. The second-order valence-corrected chi connectivity index (χ2v) is 2.16. The predicted octanol–water partition coefficient (Wildman–Crippen LogP) is 0.167. The Morgan fingerprint density at radius 1 is 1.36 bits per heavy atom. The number of primary amides is 1. The van der Waals surface area contributed by atoms with Gasteiger partial charge in [0, 0.05) is 12.9 Å². The van der Waals surface area contributed by atoms with Crippen LogP contribution in [0.25, 0.3) is 0 Å². The third kappa shape index (κ3) is 2.34. The standard InChI is InChI=1S/C7H7NO2S/c9-7(8-10-11)6-4-2-1-3-5-6/h1-5,11H,(H,8,9)/p+1. The third-order valence-corrected chi connectivity index (χ3v) is 1.32. The van der Waals surface area contributed by atoms with Crippen molar-refractivity contribution >= 4 is 18.8 Å². The molecule has 0 fully saturated rings. The Balaban J connectivity index is 2.69. The van der Waals surface area contributed by atoms with E-state index in [4.69, 9.17) is 0 Å². The fourth-order valence-electron chi connectivity index (χ4n) is 0.718. The highest BCUT2D eigenvalue weighted by Gasteiger charge is 2.07. The first-order chi connectivity index (χ1) is 5.34. The number of quaternary nitrogens is 1. The summed E-state index contributed by atoms with van der Waals surface area (Å²) >= 11 is 3.43. The number of carbonyl (C=O) groups is 1. The van der Waals surface area contributed by atoms with E-state index in [9.17, 15) is 4.79 Å². The first-order valence-corrected chi connectivity index (χ1v) is 3.44. The van der Waals surface area contributed by atoms with Crippen LogP contribution in [-0.2, 0) is 4.28 Å². The van der Waals surface area contributed by atoms with Crippen molar-refractivity contribution in [2.75, 3.05) is 0 Å². The number of amides is 1. The van der Waals surface area contributed by atoms with Gasteiger partial charge in [-0.05, 0) is 12.1 Å². The quantitative estimate of drug-likeness (QED) is 0.377. The summed E-state index contributed by atoms with van der Waals surface area (Å²) in [6.45, 7) is 0. The van der Waals surface area contributed by atoms with Crippen LogP contribution in [0.1, 0.15) is 10.4 Å². The number of carbonyl (C=O) groups excluding carboxylic acids is 1. The van der Waals surface area contributed by atoms with Crippen LogP contribution in [0.5, 0.6) is 0 Å². The molecule has 0 saturated carbocycles. The molecule has 0 radical (unpaired) electrons. The summed E-state index contributed by atoms with van der Waals surface area (Å²) in [5, 5.41) is 0. The summed E-state index contributed by atoms with van der Waals surface area (Å²) in [6, 6.07) is 8.86. The van der Waals surface area contributed by atoms with Gasteiger partial charge < -0.3 is 0 Å². The van der Waals surface area contributed by atoms with E-state index in [2.05, 4.69) is 17.2 Å². The Bertz CT molecular complexity index is 237. The lowest BCUT2D eigenvalue weighted by Gasteiger charge is -1.92. The van der Waals surface area contributed by atoms with Crippen molar-refractivity contribution < 1.29 is 14.6 Å². The molecule has 1 aromatic rings. The second kappa shape index (κ2) is 4.12. The molecule has 1 rings (SSSR count). The second-order valence-electron chi connectivity index (χ2n) is 1.95. The minimum absolute atomic E-state index is 0.180. The van der Waals surface area contributed by atoms with Gasteiger partial charge in [0.15, 0.2) is 0 Å². The molecule has 1 amide bonds. The van der Waals surface area contributed by atoms with Crippen LogP contribution >= 0.6 is 12.9 Å². The topological polar surface area (TPSA) is 42.9 Å². The third-order valence-electron chi connectivity index (χ3n) is 1.22. The largest absolute Gasteiger partial charge is 0.375 e. The maximum atomic E-state index is 11.0. The minimum atomic E-state index is -0.180. The van der Waals surface area contributed by atoms with E-state index in [0.29, 0.717) is 5.56 Å². The van der Waals surface area contributed by atoms with Gasteiger partial charge in [-0.1, -0.05) is 18.2 Å². The highest BCUT2D eigenvalue weighted by atomic mass is 32.1. The zero-order chi connectivity index (χ0) is 8.10. The Kier molecular flexibility index (Phi) is 3.10. The normalized spacial score (nSPS) is 9.55. The summed E-state index contributed by atoms with van der Waals surface area (Å²) in [7, 11) is 0. The molecule has 2 N–H and O–H groups in total. The summed E-state index contributed by atoms with van der Waals surface area (Å²) in [5.74, 6) is -0.180. The first kappa shape index (κ1) is 8.26. The lowest BCUT2D eigenvalue weighted by atomic mass is 10.2. The molecule has 0 saturated heterocycles. The molecule has 58 valence electrons. The Labute approximate surface area is 69.9 Å². The maximum Gasteiger partial charge on any atom is 0.375 e. The predicted molar refractivity (Wildman–Crippen MR) is 42.8 cm³/mol. The van der Waals surface area contributed by atoms with Gasteiger partial charge in [-0.25, -0.2) is 4.79 Å². The molecule has 11 heavy (non-hydrogen) atoms. The highest BCUT2D eigenvalue weighted by Crippen LogP contribution is 1.94. The zero-order valence-electron chi connectivity index (χ0n) is 5.73. The van der Waals surface area contributed by atoms with E-state index in [1.165, 1.54) is 0 Å². The smallest absolute Gasteiger partial charge is 0.222 e. The van der Waals surface area contributed by atoms with Crippen LogP contribution in [0.2, 0.25) is 0 Å². The van der Waals surface area contributed by atoms with Gasteiger partial charge in [-0.2, -0.15) is 0 Å². The molecule has 0 atom stereocenters. The highest BCUT2D eigenvalue weighted by molar-refractivity contribution is 7.74. The maximum absolute atomic E-state index is 11.0. The number of hydrogen-bond donors (Lipinski definition) is 2. The van der Waals surface area contributed by atoms with Gasteiger partial charge in [0.2, 0.25) is 0 Å². The molecule has 3 nitrogen and oxygen atoms in total. The van der Waals surface area contributed by atoms with Crippen LogP contribution in [0.3, 0.4) is 0 Å². The van der Waals surface area contributed by atoms with Crippen LogP contribution in [0.4, 0.5) is 0 Å². The number of hydroxylamine groups is 1. The van der Waals surface area contributed by atoms with Crippen LogP contribution in [0.15, 0.2) is 30.3 Å². The van der Waals surface area contributed by atoms with Crippen molar-refractivity contribution in [3.05, 3.63) is 35.9 Å². The van der Waals surface area contributed by atoms with Gasteiger partial charge >= 0.3 is 5.91 Å². The number of hydrogen-bond acceptors (Lipinski definition) is 3. The van der Waals surface area contributed by atoms with E-state index in [0.717, 1.165) is 5.48 Å². The summed E-state index contributed by atoms with van der Waals surface area (Å²) in [4.78, 5) is 11.0. The first-order valence-electron chi connectivity index (χ1n) is 3.07. The van der Waals surface area contributed by atoms with Gasteiger partial charge in [0.1, 0.15) is 0 Å². The van der Waals surface area contributed by atoms with E-state index in [1.54, 1.807) is 24.3 Å². The summed E-state index contributed by atoms with van der Waals surface area (Å²) in [5.41, 5.74) is 1.65. The van der Waals surface area contributed by atoms with Gasteiger partial charge in [0.05, 0.1) is 5.56 Å². The molecular weight excluding hydrogens is 162 g/mol. The van der Waals surface area contributed by atoms with Gasteiger partial charge in [-0.15, -0.1) is 9.76 Å². The number of benzene rings is 1. The fourth-order valence-corrected chi connectivity index (χ4v) is 0.814. The van der Waals surface area contributed by atoms with E-state index in [-0.39, 0.29) is 5.91 Å². The molecule has 0 aliphatic carbocycles. The van der Waals surface area contributed by atoms with Crippen molar-refractivity contribution in [2.24, 2.45) is 0 Å². The zero-order valence-corrected chi connectivity index (χ0v) is 6.62. The van der Waals surface area contributed by atoms with Crippen molar-refractivity contribution in [3.63, 3.8) is 0 Å². The molecule has 0 heterocycles. The average molecular weight is 170 g/mol. The fraction of sp³-hybridized carbons (Fsp3) is 0. The van der Waals surface area contributed by atoms with Crippen LogP contribution in [0, 0.1) is 0 Å².